The summed E-state index contributed by atoms with van der Waals surface area (Å²) in [6.07, 6.45) is 0. The molecule has 1 amide bonds. The van der Waals surface area contributed by atoms with E-state index in [2.05, 4.69) is 16.2 Å². The van der Waals surface area contributed by atoms with E-state index in [4.69, 9.17) is 18.0 Å². The van der Waals surface area contributed by atoms with Crippen LogP contribution in [0.1, 0.15) is 10.4 Å². The van der Waals surface area contributed by atoms with Crippen LogP contribution in [0.2, 0.25) is 0 Å². The number of benzene rings is 2. The minimum Gasteiger partial charge on any atom is -0.390 e. The topological polar surface area (TPSA) is 79.2 Å². The molecule has 0 unspecified atom stereocenters. The van der Waals surface area contributed by atoms with Crippen molar-refractivity contribution in [2.75, 3.05) is 11.1 Å². The van der Waals surface area contributed by atoms with Crippen LogP contribution in [0.15, 0.2) is 60.7 Å². The first-order valence-electron chi connectivity index (χ1n) is 7.60. The van der Waals surface area contributed by atoms with Crippen LogP contribution in [0.3, 0.4) is 0 Å². The van der Waals surface area contributed by atoms with Crippen LogP contribution in [0.25, 0.3) is 10.4 Å². The van der Waals surface area contributed by atoms with Gasteiger partial charge in [-0.2, -0.15) is 0 Å². The lowest BCUT2D eigenvalue weighted by Gasteiger charge is -2.11. The predicted octanol–water partition coefficient (Wildman–Crippen LogP) is 3.77. The van der Waals surface area contributed by atoms with Crippen molar-refractivity contribution < 1.29 is 9.18 Å². The molecular weight excluding hydrogens is 371 g/mol. The second-order valence-corrected chi connectivity index (χ2v) is 6.79. The van der Waals surface area contributed by atoms with Gasteiger partial charge in [-0.05, 0) is 48.1 Å². The van der Waals surface area contributed by atoms with E-state index in [9.17, 15) is 9.18 Å². The molecule has 0 saturated carbocycles. The number of thiophene rings is 1. The van der Waals surface area contributed by atoms with E-state index in [1.807, 2.05) is 30.3 Å². The molecule has 3 aromatic rings. The summed E-state index contributed by atoms with van der Waals surface area (Å²) < 4.78 is 12.9. The fourth-order valence-electron chi connectivity index (χ4n) is 2.20. The molecule has 1 heterocycles. The monoisotopic (exact) mass is 386 g/mol. The number of hydrazine groups is 1. The van der Waals surface area contributed by atoms with Crippen LogP contribution in [0.4, 0.5) is 15.1 Å². The van der Waals surface area contributed by atoms with Gasteiger partial charge in [0.15, 0.2) is 5.11 Å². The third-order valence-electron chi connectivity index (χ3n) is 3.46. The Labute approximate surface area is 159 Å². The maximum absolute atomic E-state index is 12.9. The summed E-state index contributed by atoms with van der Waals surface area (Å²) in [7, 11) is 0. The van der Waals surface area contributed by atoms with Gasteiger partial charge < -0.3 is 11.1 Å². The molecular formula is C18H15FN4OS2. The fourth-order valence-corrected chi connectivity index (χ4v) is 3.30. The van der Waals surface area contributed by atoms with Gasteiger partial charge in [0.05, 0.1) is 10.6 Å². The number of anilines is 2. The van der Waals surface area contributed by atoms with Gasteiger partial charge >= 0.3 is 0 Å². The van der Waals surface area contributed by atoms with Crippen molar-refractivity contribution in [3.63, 3.8) is 0 Å². The quantitative estimate of drug-likeness (QED) is 0.407. The Bertz CT molecular complexity index is 926. The number of carbonyl (C=O) groups is 1. The van der Waals surface area contributed by atoms with Crippen molar-refractivity contribution in [1.29, 1.82) is 0 Å². The SMILES string of the molecule is Nc1sc(-c2ccccc2)cc1C(=O)NNC(=S)Nc1ccc(F)cc1. The van der Waals surface area contributed by atoms with Gasteiger partial charge in [0, 0.05) is 10.6 Å². The Kier molecular flexibility index (Phi) is 5.45. The number of hydrogen-bond acceptors (Lipinski definition) is 4. The summed E-state index contributed by atoms with van der Waals surface area (Å²) in [6, 6.07) is 17.1. The molecule has 0 aliphatic carbocycles. The zero-order valence-corrected chi connectivity index (χ0v) is 15.1. The first-order chi connectivity index (χ1) is 12.5. The minimum atomic E-state index is -0.399. The number of amides is 1. The van der Waals surface area contributed by atoms with E-state index in [0.29, 0.717) is 16.3 Å². The molecule has 2 aromatic carbocycles. The van der Waals surface area contributed by atoms with Crippen molar-refractivity contribution in [3.05, 3.63) is 72.0 Å². The third kappa shape index (κ3) is 4.35. The summed E-state index contributed by atoms with van der Waals surface area (Å²) in [5.74, 6) is -0.742. The predicted molar refractivity (Wildman–Crippen MR) is 107 cm³/mol. The number of carbonyl (C=O) groups excluding carboxylic acids is 1. The van der Waals surface area contributed by atoms with Crippen LogP contribution in [-0.2, 0) is 0 Å². The Morgan fingerprint density at radius 2 is 1.73 bits per heavy atom. The molecule has 0 saturated heterocycles. The van der Waals surface area contributed by atoms with Crippen LogP contribution in [0.5, 0.6) is 0 Å². The third-order valence-corrected chi connectivity index (χ3v) is 4.67. The zero-order chi connectivity index (χ0) is 18.5. The average molecular weight is 386 g/mol. The molecule has 0 aliphatic rings. The van der Waals surface area contributed by atoms with Gasteiger partial charge in [-0.25, -0.2) is 4.39 Å². The molecule has 5 N–H and O–H groups in total. The second-order valence-electron chi connectivity index (χ2n) is 5.29. The zero-order valence-electron chi connectivity index (χ0n) is 13.5. The van der Waals surface area contributed by atoms with E-state index in [1.165, 1.54) is 35.6 Å². The minimum absolute atomic E-state index is 0.169. The summed E-state index contributed by atoms with van der Waals surface area (Å²) in [5.41, 5.74) is 13.0. The van der Waals surface area contributed by atoms with Crippen molar-refractivity contribution in [1.82, 2.24) is 10.9 Å². The molecule has 3 rings (SSSR count). The van der Waals surface area contributed by atoms with Crippen molar-refractivity contribution in [3.8, 4) is 10.4 Å². The summed E-state index contributed by atoms with van der Waals surface area (Å²) in [6.45, 7) is 0. The normalized spacial score (nSPS) is 10.2. The number of rotatable bonds is 3. The van der Waals surface area contributed by atoms with Crippen molar-refractivity contribution >= 4 is 45.3 Å². The van der Waals surface area contributed by atoms with Gasteiger partial charge in [-0.1, -0.05) is 30.3 Å². The molecule has 5 nitrogen and oxygen atoms in total. The number of thiocarbonyl (C=S) groups is 1. The Morgan fingerprint density at radius 3 is 2.42 bits per heavy atom. The van der Waals surface area contributed by atoms with Gasteiger partial charge in [-0.15, -0.1) is 11.3 Å². The van der Waals surface area contributed by atoms with Gasteiger partial charge in [0.1, 0.15) is 5.82 Å². The molecule has 26 heavy (non-hydrogen) atoms. The van der Waals surface area contributed by atoms with E-state index in [1.54, 1.807) is 6.07 Å². The van der Waals surface area contributed by atoms with E-state index < -0.39 is 5.91 Å². The van der Waals surface area contributed by atoms with Crippen LogP contribution in [0, 0.1) is 5.82 Å². The Hall–Kier alpha value is -2.97. The largest absolute Gasteiger partial charge is 0.390 e. The summed E-state index contributed by atoms with van der Waals surface area (Å²) in [4.78, 5) is 13.2. The van der Waals surface area contributed by atoms with Crippen molar-refractivity contribution in [2.45, 2.75) is 0 Å². The lowest BCUT2D eigenvalue weighted by Crippen LogP contribution is -2.43. The van der Waals surface area contributed by atoms with Gasteiger partial charge in [0.25, 0.3) is 5.91 Å². The van der Waals surface area contributed by atoms with Crippen LogP contribution >= 0.6 is 23.6 Å². The second kappa shape index (κ2) is 7.94. The maximum atomic E-state index is 12.9. The van der Waals surface area contributed by atoms with Crippen LogP contribution < -0.4 is 21.9 Å². The fraction of sp³-hybridized carbons (Fsp3) is 0. The number of nitrogens with two attached hydrogens (primary N) is 1. The average Bonchev–Trinajstić information content (AvgIpc) is 3.04. The first kappa shape index (κ1) is 17.8. The number of halogens is 1. The lowest BCUT2D eigenvalue weighted by atomic mass is 10.1. The standard InChI is InChI=1S/C18H15FN4OS2/c19-12-6-8-13(9-7-12)21-18(25)23-22-17(24)14-10-15(26-16(14)20)11-4-2-1-3-5-11/h1-10H,20H2,(H,22,24)(H2,21,23,25). The highest BCUT2D eigenvalue weighted by molar-refractivity contribution is 7.80. The van der Waals surface area contributed by atoms with E-state index in [-0.39, 0.29) is 10.9 Å². The van der Waals surface area contributed by atoms with Crippen molar-refractivity contribution in [2.24, 2.45) is 0 Å². The molecule has 0 aliphatic heterocycles. The molecule has 0 radical (unpaired) electrons. The number of nitrogens with one attached hydrogen (secondary N) is 3. The van der Waals surface area contributed by atoms with Gasteiger partial charge in [0.2, 0.25) is 0 Å². The number of nitrogen functional groups attached to an aromatic ring is 1. The summed E-state index contributed by atoms with van der Waals surface area (Å²) >= 11 is 6.43. The van der Waals surface area contributed by atoms with Crippen LogP contribution in [-0.4, -0.2) is 11.0 Å². The molecule has 8 heteroatoms. The first-order valence-corrected chi connectivity index (χ1v) is 8.83. The highest BCUT2D eigenvalue weighted by Gasteiger charge is 2.15. The van der Waals surface area contributed by atoms with Gasteiger partial charge in [-0.3, -0.25) is 15.6 Å². The smallest absolute Gasteiger partial charge is 0.272 e. The molecule has 0 bridgehead atoms. The highest BCUT2D eigenvalue weighted by atomic mass is 32.1. The summed E-state index contributed by atoms with van der Waals surface area (Å²) in [5, 5.41) is 3.42. The molecule has 0 atom stereocenters. The molecule has 1 aromatic heterocycles. The molecule has 0 fully saturated rings. The Morgan fingerprint density at radius 1 is 1.04 bits per heavy atom. The van der Waals surface area contributed by atoms with E-state index in [0.717, 1.165) is 10.4 Å². The molecule has 132 valence electrons. The molecule has 0 spiro atoms. The number of hydrogen-bond donors (Lipinski definition) is 4. The Balaban J connectivity index is 1.60. The van der Waals surface area contributed by atoms with E-state index >= 15 is 0 Å². The highest BCUT2D eigenvalue weighted by Crippen LogP contribution is 2.33. The maximum Gasteiger partial charge on any atom is 0.272 e. The lowest BCUT2D eigenvalue weighted by molar-refractivity contribution is 0.0945.